The number of hydrogen-bond acceptors (Lipinski definition) is 4. The van der Waals surface area contributed by atoms with Gasteiger partial charge in [-0.05, 0) is 69.7 Å². The minimum absolute atomic E-state index is 0.0713. The molecule has 2 aromatic rings. The highest BCUT2D eigenvalue weighted by atomic mass is 16.5. The number of piperidine rings is 1. The first kappa shape index (κ1) is 22.7. The Labute approximate surface area is 185 Å². The van der Waals surface area contributed by atoms with Crippen LogP contribution in [0.2, 0.25) is 0 Å². The number of rotatable bonds is 6. The number of benzene rings is 2. The van der Waals surface area contributed by atoms with Crippen molar-refractivity contribution in [1.29, 1.82) is 0 Å². The van der Waals surface area contributed by atoms with Gasteiger partial charge in [0.2, 0.25) is 0 Å². The average Bonchev–Trinajstić information content (AvgIpc) is 2.79. The first-order valence-corrected chi connectivity index (χ1v) is 11.0. The predicted octanol–water partition coefficient (Wildman–Crippen LogP) is 4.84. The van der Waals surface area contributed by atoms with E-state index in [1.807, 2.05) is 6.07 Å². The number of hydrogen-bond donors (Lipinski definition) is 2. The third-order valence-corrected chi connectivity index (χ3v) is 5.78. The minimum Gasteiger partial charge on any atom is -0.506 e. The van der Waals surface area contributed by atoms with E-state index in [0.717, 1.165) is 38.2 Å². The second-order valence-electron chi connectivity index (χ2n) is 8.21. The van der Waals surface area contributed by atoms with Crippen LogP contribution in [0.25, 0.3) is 0 Å². The maximum Gasteiger partial charge on any atom is 0.337 e. The first-order chi connectivity index (χ1) is 15.0. The van der Waals surface area contributed by atoms with Gasteiger partial charge in [0, 0.05) is 12.6 Å². The fourth-order valence-electron chi connectivity index (χ4n) is 3.89. The van der Waals surface area contributed by atoms with Crippen molar-refractivity contribution in [2.75, 3.05) is 19.0 Å². The van der Waals surface area contributed by atoms with Crippen molar-refractivity contribution in [3.63, 3.8) is 0 Å². The molecule has 0 saturated carbocycles. The van der Waals surface area contributed by atoms with Crippen LogP contribution in [0.15, 0.2) is 53.5 Å². The second-order valence-corrected chi connectivity index (χ2v) is 8.21. The summed E-state index contributed by atoms with van der Waals surface area (Å²) in [5, 5.41) is 13.7. The summed E-state index contributed by atoms with van der Waals surface area (Å²) in [7, 11) is 1.35. The zero-order valence-corrected chi connectivity index (χ0v) is 18.7. The maximum absolute atomic E-state index is 11.9. The Morgan fingerprint density at radius 3 is 2.74 bits per heavy atom. The number of nitrogens with one attached hydrogen (secondary N) is 1. The van der Waals surface area contributed by atoms with Gasteiger partial charge in [0.25, 0.3) is 0 Å². The van der Waals surface area contributed by atoms with E-state index in [2.05, 4.69) is 48.3 Å². The summed E-state index contributed by atoms with van der Waals surface area (Å²) in [6.07, 6.45) is 5.30. The molecular formula is C25H33N3O3. The summed E-state index contributed by atoms with van der Waals surface area (Å²) in [4.78, 5) is 19.2. The fraction of sp³-hybridized carbons (Fsp3) is 0.440. The molecule has 1 aliphatic heterocycles. The van der Waals surface area contributed by atoms with Crippen LogP contribution in [0.3, 0.4) is 0 Å². The molecule has 0 amide bonds. The third kappa shape index (κ3) is 6.23. The van der Waals surface area contributed by atoms with Crippen LogP contribution in [0.4, 0.5) is 5.69 Å². The summed E-state index contributed by atoms with van der Waals surface area (Å²) in [6, 6.07) is 15.5. The largest absolute Gasteiger partial charge is 0.506 e. The van der Waals surface area contributed by atoms with Crippen molar-refractivity contribution < 1.29 is 14.6 Å². The number of ether oxygens (including phenoxy) is 1. The summed E-state index contributed by atoms with van der Waals surface area (Å²) in [5.41, 5.74) is 2.13. The van der Waals surface area contributed by atoms with Gasteiger partial charge < -0.3 is 20.1 Å². The molecule has 1 saturated heterocycles. The van der Waals surface area contributed by atoms with Crippen LogP contribution in [0.1, 0.15) is 55.5 Å². The van der Waals surface area contributed by atoms with Gasteiger partial charge in [-0.2, -0.15) is 0 Å². The topological polar surface area (TPSA) is 74.2 Å². The SMILES string of the molecule is COC(=O)c1ccc(O)c(NC(=NC(C)CCc2ccccc2)N2CCCCC2C)c1. The highest BCUT2D eigenvalue weighted by Crippen LogP contribution is 2.27. The van der Waals surface area contributed by atoms with Crippen molar-refractivity contribution in [1.82, 2.24) is 4.90 Å². The van der Waals surface area contributed by atoms with Gasteiger partial charge in [-0.1, -0.05) is 30.3 Å². The lowest BCUT2D eigenvalue weighted by molar-refractivity contribution is 0.0601. The van der Waals surface area contributed by atoms with Gasteiger partial charge >= 0.3 is 5.97 Å². The molecule has 3 rings (SSSR count). The smallest absolute Gasteiger partial charge is 0.337 e. The molecule has 6 heteroatoms. The lowest BCUT2D eigenvalue weighted by Gasteiger charge is -2.36. The van der Waals surface area contributed by atoms with Crippen LogP contribution in [0, 0.1) is 0 Å². The zero-order valence-electron chi connectivity index (χ0n) is 18.7. The molecule has 0 radical (unpaired) electrons. The molecule has 2 aromatic carbocycles. The van der Waals surface area contributed by atoms with E-state index in [0.29, 0.717) is 17.3 Å². The molecule has 0 bridgehead atoms. The number of carbonyl (C=O) groups is 1. The number of nitrogens with zero attached hydrogens (tertiary/aromatic N) is 2. The Morgan fingerprint density at radius 1 is 1.26 bits per heavy atom. The van der Waals surface area contributed by atoms with E-state index in [1.165, 1.54) is 25.2 Å². The summed E-state index contributed by atoms with van der Waals surface area (Å²) in [6.45, 7) is 5.23. The second kappa shape index (κ2) is 10.8. The molecule has 0 spiro atoms. The van der Waals surface area contributed by atoms with E-state index >= 15 is 0 Å². The van der Waals surface area contributed by atoms with Gasteiger partial charge in [0.1, 0.15) is 5.75 Å². The molecule has 31 heavy (non-hydrogen) atoms. The molecule has 2 unspecified atom stereocenters. The standard InChI is InChI=1S/C25H33N3O3/c1-18(12-13-20-10-5-4-6-11-20)26-25(28-16-8-7-9-19(28)2)27-22-17-21(24(30)31-3)14-15-23(22)29/h4-6,10-11,14-15,17-19,29H,7-9,12-13,16H2,1-3H3,(H,26,27). The normalized spacial score (nSPS) is 17.8. The van der Waals surface area contributed by atoms with Gasteiger partial charge in [0.05, 0.1) is 24.4 Å². The molecule has 166 valence electrons. The summed E-state index contributed by atoms with van der Waals surface area (Å²) >= 11 is 0. The molecule has 2 N–H and O–H groups in total. The number of aryl methyl sites for hydroxylation is 1. The van der Waals surface area contributed by atoms with Crippen LogP contribution >= 0.6 is 0 Å². The van der Waals surface area contributed by atoms with Gasteiger partial charge in [-0.3, -0.25) is 0 Å². The summed E-state index contributed by atoms with van der Waals surface area (Å²) in [5.74, 6) is 0.371. The highest BCUT2D eigenvalue weighted by molar-refractivity contribution is 5.98. The van der Waals surface area contributed by atoms with E-state index in [1.54, 1.807) is 12.1 Å². The van der Waals surface area contributed by atoms with E-state index in [4.69, 9.17) is 9.73 Å². The number of guanidine groups is 1. The number of anilines is 1. The zero-order chi connectivity index (χ0) is 22.2. The van der Waals surface area contributed by atoms with Crippen LogP contribution in [0.5, 0.6) is 5.75 Å². The van der Waals surface area contributed by atoms with Crippen LogP contribution < -0.4 is 5.32 Å². The van der Waals surface area contributed by atoms with Crippen LogP contribution in [-0.4, -0.2) is 47.7 Å². The number of carbonyl (C=O) groups excluding carboxylic acids is 1. The fourth-order valence-corrected chi connectivity index (χ4v) is 3.89. The molecule has 0 aliphatic carbocycles. The predicted molar refractivity (Wildman–Crippen MR) is 125 cm³/mol. The number of esters is 1. The Hall–Kier alpha value is -3.02. The third-order valence-electron chi connectivity index (χ3n) is 5.78. The van der Waals surface area contributed by atoms with Gasteiger partial charge in [-0.15, -0.1) is 0 Å². The molecule has 1 heterocycles. The maximum atomic E-state index is 11.9. The Balaban J connectivity index is 1.82. The number of phenols is 1. The van der Waals surface area contributed by atoms with Crippen molar-refractivity contribution >= 4 is 17.6 Å². The lowest BCUT2D eigenvalue weighted by atomic mass is 10.0. The number of aromatic hydroxyl groups is 1. The number of likely N-dealkylation sites (tertiary alicyclic amines) is 1. The van der Waals surface area contributed by atoms with Gasteiger partial charge in [-0.25, -0.2) is 9.79 Å². The Kier molecular flexibility index (Phi) is 7.93. The highest BCUT2D eigenvalue weighted by Gasteiger charge is 2.23. The Bertz CT molecular complexity index is 898. The van der Waals surface area contributed by atoms with E-state index < -0.39 is 5.97 Å². The molecule has 1 fully saturated rings. The van der Waals surface area contributed by atoms with Crippen molar-refractivity contribution in [3.05, 3.63) is 59.7 Å². The molecule has 2 atom stereocenters. The molecule has 1 aliphatic rings. The quantitative estimate of drug-likeness (QED) is 0.301. The van der Waals surface area contributed by atoms with Crippen molar-refractivity contribution in [2.24, 2.45) is 4.99 Å². The lowest BCUT2D eigenvalue weighted by Crippen LogP contribution is -2.46. The monoisotopic (exact) mass is 423 g/mol. The minimum atomic E-state index is -0.441. The van der Waals surface area contributed by atoms with Crippen LogP contribution in [-0.2, 0) is 11.2 Å². The van der Waals surface area contributed by atoms with E-state index in [9.17, 15) is 9.90 Å². The van der Waals surface area contributed by atoms with Crippen molar-refractivity contribution in [3.8, 4) is 5.75 Å². The number of aliphatic imine (C=N–C) groups is 1. The number of phenolic OH excluding ortho intramolecular Hbond substituents is 1. The first-order valence-electron chi connectivity index (χ1n) is 11.0. The van der Waals surface area contributed by atoms with Crippen molar-refractivity contribution in [2.45, 2.75) is 58.0 Å². The van der Waals surface area contributed by atoms with E-state index in [-0.39, 0.29) is 11.8 Å². The Morgan fingerprint density at radius 2 is 2.03 bits per heavy atom. The molecule has 6 nitrogen and oxygen atoms in total. The summed E-state index contributed by atoms with van der Waals surface area (Å²) < 4.78 is 4.82. The molecular weight excluding hydrogens is 390 g/mol. The average molecular weight is 424 g/mol. The van der Waals surface area contributed by atoms with Gasteiger partial charge in [0.15, 0.2) is 5.96 Å². The number of methoxy groups -OCH3 is 1. The molecule has 0 aromatic heterocycles.